The summed E-state index contributed by atoms with van der Waals surface area (Å²) in [6.07, 6.45) is 5.56. The van der Waals surface area contributed by atoms with E-state index in [-0.39, 0.29) is 5.56 Å². The fourth-order valence-corrected chi connectivity index (χ4v) is 2.92. The van der Waals surface area contributed by atoms with E-state index in [1.165, 1.54) is 12.5 Å². The van der Waals surface area contributed by atoms with Crippen molar-refractivity contribution in [2.75, 3.05) is 0 Å². The first-order valence-electron chi connectivity index (χ1n) is 6.89. The molecule has 1 saturated carbocycles. The Morgan fingerprint density at radius 1 is 1.55 bits per heavy atom. The Morgan fingerprint density at radius 2 is 2.40 bits per heavy atom. The summed E-state index contributed by atoms with van der Waals surface area (Å²) in [5, 5.41) is 4.03. The molecule has 2 aromatic rings. The minimum absolute atomic E-state index is 0.198. The van der Waals surface area contributed by atoms with Crippen LogP contribution < -0.4 is 11.3 Å². The molecule has 0 amide bonds. The Kier molecular flexibility index (Phi) is 3.17. The number of pyridine rings is 1. The van der Waals surface area contributed by atoms with Crippen molar-refractivity contribution in [1.29, 1.82) is 0 Å². The van der Waals surface area contributed by atoms with Gasteiger partial charge in [0.25, 0.3) is 5.89 Å². The Bertz CT molecular complexity index is 663. The van der Waals surface area contributed by atoms with Gasteiger partial charge in [0.05, 0.1) is 5.54 Å². The zero-order chi connectivity index (χ0) is 14.2. The molecule has 3 N–H and O–H groups in total. The largest absolute Gasteiger partial charge is 0.334 e. The molecule has 1 aliphatic carbocycles. The average molecular weight is 274 g/mol. The number of hydrogen-bond acceptors (Lipinski definition) is 5. The number of aromatic nitrogens is 3. The van der Waals surface area contributed by atoms with Gasteiger partial charge >= 0.3 is 0 Å². The van der Waals surface area contributed by atoms with Crippen LogP contribution in [0.5, 0.6) is 0 Å². The molecular formula is C14H18N4O2. The molecular weight excluding hydrogens is 256 g/mol. The van der Waals surface area contributed by atoms with E-state index in [9.17, 15) is 4.79 Å². The SMILES string of the molecule is CC1CCCC(N)(c2noc(-c3cc[nH]c(=O)c3)n2)C1. The van der Waals surface area contributed by atoms with Crippen LogP contribution in [-0.2, 0) is 5.54 Å². The highest BCUT2D eigenvalue weighted by atomic mass is 16.5. The van der Waals surface area contributed by atoms with E-state index in [2.05, 4.69) is 22.0 Å². The van der Waals surface area contributed by atoms with Gasteiger partial charge in [-0.1, -0.05) is 24.9 Å². The number of hydrogen-bond donors (Lipinski definition) is 2. The van der Waals surface area contributed by atoms with Gasteiger partial charge in [0.1, 0.15) is 0 Å². The highest BCUT2D eigenvalue weighted by Crippen LogP contribution is 2.36. The number of H-pyrrole nitrogens is 1. The molecule has 1 fully saturated rings. The zero-order valence-electron chi connectivity index (χ0n) is 11.4. The molecule has 0 aromatic carbocycles. The fourth-order valence-electron chi connectivity index (χ4n) is 2.92. The molecule has 6 heteroatoms. The van der Waals surface area contributed by atoms with Crippen LogP contribution >= 0.6 is 0 Å². The lowest BCUT2D eigenvalue weighted by Crippen LogP contribution is -2.42. The summed E-state index contributed by atoms with van der Waals surface area (Å²) in [7, 11) is 0. The van der Waals surface area contributed by atoms with E-state index in [0.29, 0.717) is 23.2 Å². The zero-order valence-corrected chi connectivity index (χ0v) is 11.4. The van der Waals surface area contributed by atoms with Gasteiger partial charge in [-0.3, -0.25) is 4.79 Å². The second kappa shape index (κ2) is 4.86. The monoisotopic (exact) mass is 274 g/mol. The van der Waals surface area contributed by atoms with E-state index in [1.807, 2.05) is 0 Å². The Morgan fingerprint density at radius 3 is 3.15 bits per heavy atom. The van der Waals surface area contributed by atoms with Crippen LogP contribution in [0, 0.1) is 5.92 Å². The molecule has 0 aliphatic heterocycles. The maximum atomic E-state index is 11.3. The van der Waals surface area contributed by atoms with Gasteiger partial charge in [0, 0.05) is 17.8 Å². The minimum atomic E-state index is -0.513. The van der Waals surface area contributed by atoms with Gasteiger partial charge < -0.3 is 15.2 Å². The summed E-state index contributed by atoms with van der Waals surface area (Å²) < 4.78 is 5.27. The predicted octanol–water partition coefficient (Wildman–Crippen LogP) is 1.79. The van der Waals surface area contributed by atoms with Crippen LogP contribution in [0.25, 0.3) is 11.5 Å². The van der Waals surface area contributed by atoms with Crippen LogP contribution in [0.3, 0.4) is 0 Å². The number of nitrogens with two attached hydrogens (primary N) is 1. The molecule has 2 unspecified atom stereocenters. The number of rotatable bonds is 2. The molecule has 0 spiro atoms. The normalized spacial score (nSPS) is 26.6. The van der Waals surface area contributed by atoms with Crippen molar-refractivity contribution in [2.24, 2.45) is 11.7 Å². The molecule has 106 valence electrons. The third-order valence-corrected chi connectivity index (χ3v) is 3.93. The molecule has 2 heterocycles. The van der Waals surface area contributed by atoms with E-state index in [0.717, 1.165) is 19.3 Å². The maximum Gasteiger partial charge on any atom is 0.258 e. The van der Waals surface area contributed by atoms with Gasteiger partial charge in [0.2, 0.25) is 5.56 Å². The number of nitrogens with one attached hydrogen (secondary N) is 1. The summed E-state index contributed by atoms with van der Waals surface area (Å²) >= 11 is 0. The van der Waals surface area contributed by atoms with Crippen molar-refractivity contribution in [3.63, 3.8) is 0 Å². The standard InChI is InChI=1S/C14H18N4O2/c1-9-3-2-5-14(15,8-9)13-17-12(20-18-13)10-4-6-16-11(19)7-10/h4,6-7,9H,2-3,5,8,15H2,1H3,(H,16,19). The molecule has 0 saturated heterocycles. The molecule has 1 aliphatic rings. The van der Waals surface area contributed by atoms with Crippen molar-refractivity contribution in [3.05, 3.63) is 34.5 Å². The number of nitrogens with zero attached hydrogens (tertiary/aromatic N) is 2. The quantitative estimate of drug-likeness (QED) is 0.870. The van der Waals surface area contributed by atoms with E-state index >= 15 is 0 Å². The first-order valence-corrected chi connectivity index (χ1v) is 6.89. The van der Waals surface area contributed by atoms with Crippen LogP contribution in [0.1, 0.15) is 38.4 Å². The van der Waals surface area contributed by atoms with Gasteiger partial charge in [-0.05, 0) is 24.8 Å². The third-order valence-electron chi connectivity index (χ3n) is 3.93. The van der Waals surface area contributed by atoms with Gasteiger partial charge in [-0.25, -0.2) is 0 Å². The van der Waals surface area contributed by atoms with Crippen LogP contribution in [0.4, 0.5) is 0 Å². The Balaban J connectivity index is 1.92. The summed E-state index contributed by atoms with van der Waals surface area (Å²) in [6, 6.07) is 3.16. The topological polar surface area (TPSA) is 97.8 Å². The van der Waals surface area contributed by atoms with Crippen molar-refractivity contribution in [2.45, 2.75) is 38.1 Å². The van der Waals surface area contributed by atoms with Gasteiger partial charge in [-0.15, -0.1) is 0 Å². The first kappa shape index (κ1) is 13.1. The molecule has 20 heavy (non-hydrogen) atoms. The van der Waals surface area contributed by atoms with Gasteiger partial charge in [0.15, 0.2) is 5.82 Å². The lowest BCUT2D eigenvalue weighted by atomic mass is 9.76. The summed E-state index contributed by atoms with van der Waals surface area (Å²) in [4.78, 5) is 18.3. The maximum absolute atomic E-state index is 11.3. The van der Waals surface area contributed by atoms with Crippen molar-refractivity contribution in [3.8, 4) is 11.5 Å². The molecule has 6 nitrogen and oxygen atoms in total. The van der Waals surface area contributed by atoms with E-state index in [1.54, 1.807) is 12.3 Å². The minimum Gasteiger partial charge on any atom is -0.334 e. The van der Waals surface area contributed by atoms with Crippen LogP contribution in [0.2, 0.25) is 0 Å². The fraction of sp³-hybridized carbons (Fsp3) is 0.500. The highest BCUT2D eigenvalue weighted by Gasteiger charge is 2.37. The number of aromatic amines is 1. The summed E-state index contributed by atoms with van der Waals surface area (Å²) in [6.45, 7) is 2.19. The average Bonchev–Trinajstić information content (AvgIpc) is 2.88. The third kappa shape index (κ3) is 2.38. The lowest BCUT2D eigenvalue weighted by Gasteiger charge is -2.33. The smallest absolute Gasteiger partial charge is 0.258 e. The van der Waals surface area contributed by atoms with Crippen molar-refractivity contribution < 1.29 is 4.52 Å². The first-order chi connectivity index (χ1) is 9.57. The summed E-state index contributed by atoms with van der Waals surface area (Å²) in [5.74, 6) is 1.45. The van der Waals surface area contributed by atoms with Crippen LogP contribution in [-0.4, -0.2) is 15.1 Å². The molecule has 0 radical (unpaired) electrons. The predicted molar refractivity (Wildman–Crippen MR) is 73.9 cm³/mol. The molecule has 2 atom stereocenters. The highest BCUT2D eigenvalue weighted by molar-refractivity contribution is 5.51. The molecule has 2 aromatic heterocycles. The Hall–Kier alpha value is -1.95. The Labute approximate surface area is 116 Å². The summed E-state index contributed by atoms with van der Waals surface area (Å²) in [5.41, 5.74) is 6.34. The molecule has 0 bridgehead atoms. The van der Waals surface area contributed by atoms with Crippen LogP contribution in [0.15, 0.2) is 27.6 Å². The van der Waals surface area contributed by atoms with E-state index in [4.69, 9.17) is 10.3 Å². The second-order valence-corrected chi connectivity index (χ2v) is 5.72. The van der Waals surface area contributed by atoms with E-state index < -0.39 is 5.54 Å². The second-order valence-electron chi connectivity index (χ2n) is 5.72. The van der Waals surface area contributed by atoms with Gasteiger partial charge in [-0.2, -0.15) is 4.98 Å². The lowest BCUT2D eigenvalue weighted by molar-refractivity contribution is 0.222. The van der Waals surface area contributed by atoms with Crippen molar-refractivity contribution in [1.82, 2.24) is 15.1 Å². The van der Waals surface area contributed by atoms with Crippen molar-refractivity contribution >= 4 is 0 Å². The molecule has 3 rings (SSSR count).